The van der Waals surface area contributed by atoms with Gasteiger partial charge in [-0.1, -0.05) is 29.8 Å². The number of primary amides is 1. The summed E-state index contributed by atoms with van der Waals surface area (Å²) in [6.45, 7) is -0.221. The van der Waals surface area contributed by atoms with Crippen LogP contribution in [0.25, 0.3) is 6.08 Å². The van der Waals surface area contributed by atoms with Crippen molar-refractivity contribution in [3.05, 3.63) is 40.9 Å². The second-order valence-electron chi connectivity index (χ2n) is 3.52. The van der Waals surface area contributed by atoms with Crippen molar-refractivity contribution in [1.29, 1.82) is 0 Å². The van der Waals surface area contributed by atoms with Gasteiger partial charge in [0.1, 0.15) is 6.10 Å². The fraction of sp³-hybridized carbons (Fsp3) is 0.167. The fourth-order valence-electron chi connectivity index (χ4n) is 1.13. The minimum Gasteiger partial charge on any atom is -0.381 e. The summed E-state index contributed by atoms with van der Waals surface area (Å²) < 4.78 is 0. The van der Waals surface area contributed by atoms with E-state index in [-0.39, 0.29) is 6.54 Å². The zero-order valence-electron chi connectivity index (χ0n) is 9.47. The van der Waals surface area contributed by atoms with E-state index in [1.165, 1.54) is 12.2 Å². The van der Waals surface area contributed by atoms with Gasteiger partial charge in [0.15, 0.2) is 0 Å². The largest absolute Gasteiger partial charge is 0.381 e. The molecule has 0 aromatic heterocycles. The van der Waals surface area contributed by atoms with Gasteiger partial charge in [-0.15, -0.1) is 0 Å². The quantitative estimate of drug-likeness (QED) is 0.671. The monoisotopic (exact) mass is 268 g/mol. The predicted octanol–water partition coefficient (Wildman–Crippen LogP) is 0.316. The Bertz CT molecular complexity index is 474. The number of carbonyl (C=O) groups excluding carboxylic acids is 2. The highest BCUT2D eigenvalue weighted by Gasteiger charge is 2.10. The molecule has 0 heterocycles. The molecule has 18 heavy (non-hydrogen) atoms. The number of benzene rings is 1. The number of aliphatic hydroxyl groups excluding tert-OH is 1. The van der Waals surface area contributed by atoms with Crippen LogP contribution in [0.5, 0.6) is 0 Å². The Hall–Kier alpha value is -1.85. The van der Waals surface area contributed by atoms with Gasteiger partial charge in [-0.2, -0.15) is 0 Å². The van der Waals surface area contributed by atoms with Crippen LogP contribution in [0.1, 0.15) is 5.56 Å². The van der Waals surface area contributed by atoms with Gasteiger partial charge < -0.3 is 16.2 Å². The summed E-state index contributed by atoms with van der Waals surface area (Å²) in [6.07, 6.45) is 1.41. The van der Waals surface area contributed by atoms with Crippen molar-refractivity contribution in [2.24, 2.45) is 5.73 Å². The van der Waals surface area contributed by atoms with Gasteiger partial charge in [0, 0.05) is 11.1 Å². The molecule has 5 nitrogen and oxygen atoms in total. The molecule has 1 aromatic carbocycles. The molecule has 0 aliphatic carbocycles. The van der Waals surface area contributed by atoms with Crippen LogP contribution in [-0.2, 0) is 9.59 Å². The minimum absolute atomic E-state index is 0.221. The van der Waals surface area contributed by atoms with Gasteiger partial charge in [-0.3, -0.25) is 9.59 Å². The van der Waals surface area contributed by atoms with E-state index >= 15 is 0 Å². The lowest BCUT2D eigenvalue weighted by molar-refractivity contribution is -0.126. The van der Waals surface area contributed by atoms with Crippen LogP contribution in [0.15, 0.2) is 30.3 Å². The molecule has 6 heteroatoms. The number of rotatable bonds is 5. The first-order chi connectivity index (χ1) is 8.50. The van der Waals surface area contributed by atoms with Crippen LogP contribution in [0, 0.1) is 0 Å². The third-order valence-electron chi connectivity index (χ3n) is 2.12. The third kappa shape index (κ3) is 4.57. The van der Waals surface area contributed by atoms with Crippen LogP contribution in [0.4, 0.5) is 0 Å². The highest BCUT2D eigenvalue weighted by atomic mass is 35.5. The number of nitrogens with one attached hydrogen (secondary N) is 1. The summed E-state index contributed by atoms with van der Waals surface area (Å²) in [6, 6.07) is 7.03. The molecular weight excluding hydrogens is 256 g/mol. The Morgan fingerprint density at radius 3 is 2.72 bits per heavy atom. The molecule has 4 N–H and O–H groups in total. The van der Waals surface area contributed by atoms with Gasteiger partial charge >= 0.3 is 0 Å². The molecule has 1 unspecified atom stereocenters. The van der Waals surface area contributed by atoms with E-state index in [0.717, 1.165) is 0 Å². The summed E-state index contributed by atoms with van der Waals surface area (Å²) in [5.41, 5.74) is 5.53. The predicted molar refractivity (Wildman–Crippen MR) is 68.7 cm³/mol. The van der Waals surface area contributed by atoms with E-state index in [4.69, 9.17) is 22.4 Å². The molecule has 0 aliphatic heterocycles. The first-order valence-electron chi connectivity index (χ1n) is 5.18. The summed E-state index contributed by atoms with van der Waals surface area (Å²) in [7, 11) is 0. The molecule has 0 radical (unpaired) electrons. The zero-order valence-corrected chi connectivity index (χ0v) is 10.2. The first kappa shape index (κ1) is 14.2. The number of aliphatic hydroxyl groups is 1. The van der Waals surface area contributed by atoms with E-state index in [0.29, 0.717) is 10.6 Å². The lowest BCUT2D eigenvalue weighted by atomic mass is 10.2. The second-order valence-corrected chi connectivity index (χ2v) is 3.93. The lowest BCUT2D eigenvalue weighted by Gasteiger charge is -2.06. The maximum absolute atomic E-state index is 11.4. The average Bonchev–Trinajstić information content (AvgIpc) is 2.34. The highest BCUT2D eigenvalue weighted by molar-refractivity contribution is 6.32. The second kappa shape index (κ2) is 6.78. The topological polar surface area (TPSA) is 92.4 Å². The summed E-state index contributed by atoms with van der Waals surface area (Å²) in [5.74, 6) is -1.33. The number of hydrogen-bond acceptors (Lipinski definition) is 3. The van der Waals surface area contributed by atoms with Crippen molar-refractivity contribution in [2.45, 2.75) is 6.10 Å². The minimum atomic E-state index is -1.39. The number of carbonyl (C=O) groups is 2. The Morgan fingerprint density at radius 1 is 1.44 bits per heavy atom. The van der Waals surface area contributed by atoms with E-state index in [2.05, 4.69) is 5.32 Å². The molecule has 0 saturated heterocycles. The molecule has 2 amide bonds. The van der Waals surface area contributed by atoms with E-state index in [1.807, 2.05) is 0 Å². The normalized spacial score (nSPS) is 12.3. The van der Waals surface area contributed by atoms with E-state index < -0.39 is 17.9 Å². The lowest BCUT2D eigenvalue weighted by Crippen LogP contribution is -2.39. The van der Waals surface area contributed by atoms with Crippen molar-refractivity contribution < 1.29 is 14.7 Å². The van der Waals surface area contributed by atoms with Gasteiger partial charge in [-0.25, -0.2) is 0 Å². The summed E-state index contributed by atoms with van der Waals surface area (Å²) >= 11 is 5.89. The van der Waals surface area contributed by atoms with Crippen molar-refractivity contribution in [2.75, 3.05) is 6.54 Å². The summed E-state index contributed by atoms with van der Waals surface area (Å²) in [4.78, 5) is 21.9. The smallest absolute Gasteiger partial charge is 0.248 e. The third-order valence-corrected chi connectivity index (χ3v) is 2.46. The molecule has 0 bridgehead atoms. The average molecular weight is 269 g/mol. The number of hydrogen-bond donors (Lipinski definition) is 3. The molecular formula is C12H13ClN2O3. The Kier molecular flexibility index (Phi) is 5.35. The molecule has 0 saturated carbocycles. The van der Waals surface area contributed by atoms with E-state index in [1.54, 1.807) is 24.3 Å². The molecule has 1 aromatic rings. The van der Waals surface area contributed by atoms with Crippen LogP contribution < -0.4 is 11.1 Å². The van der Waals surface area contributed by atoms with Crippen molar-refractivity contribution in [3.63, 3.8) is 0 Å². The van der Waals surface area contributed by atoms with Crippen molar-refractivity contribution >= 4 is 29.5 Å². The molecule has 0 aliphatic rings. The van der Waals surface area contributed by atoms with Crippen LogP contribution in [-0.4, -0.2) is 29.6 Å². The molecule has 1 atom stereocenters. The van der Waals surface area contributed by atoms with Crippen molar-refractivity contribution in [1.82, 2.24) is 5.32 Å². The Labute approximate surface area is 109 Å². The fourth-order valence-corrected chi connectivity index (χ4v) is 1.33. The molecule has 0 spiro atoms. The highest BCUT2D eigenvalue weighted by Crippen LogP contribution is 2.15. The molecule has 0 fully saturated rings. The number of amides is 2. The maximum atomic E-state index is 11.4. The van der Waals surface area contributed by atoms with Crippen molar-refractivity contribution in [3.8, 4) is 0 Å². The van der Waals surface area contributed by atoms with Gasteiger partial charge in [-0.05, 0) is 17.7 Å². The van der Waals surface area contributed by atoms with Crippen LogP contribution in [0.2, 0.25) is 5.02 Å². The van der Waals surface area contributed by atoms with Gasteiger partial charge in [0.25, 0.3) is 0 Å². The van der Waals surface area contributed by atoms with Crippen LogP contribution in [0.3, 0.4) is 0 Å². The summed E-state index contributed by atoms with van der Waals surface area (Å²) in [5, 5.41) is 11.9. The molecule has 1 rings (SSSR count). The number of halogens is 1. The maximum Gasteiger partial charge on any atom is 0.248 e. The Balaban J connectivity index is 2.50. The van der Waals surface area contributed by atoms with Crippen LogP contribution >= 0.6 is 11.6 Å². The van der Waals surface area contributed by atoms with E-state index in [9.17, 15) is 9.59 Å². The zero-order chi connectivity index (χ0) is 13.5. The Morgan fingerprint density at radius 2 is 2.11 bits per heavy atom. The van der Waals surface area contributed by atoms with Gasteiger partial charge in [0.05, 0.1) is 6.54 Å². The first-order valence-corrected chi connectivity index (χ1v) is 5.56. The SMILES string of the molecule is NC(=O)C(O)CNC(=O)/C=C/c1ccccc1Cl. The standard InChI is InChI=1S/C12H13ClN2O3/c13-9-4-2-1-3-8(9)5-6-11(17)15-7-10(16)12(14)18/h1-6,10,16H,7H2,(H2,14,18)(H,15,17)/b6-5+. The number of nitrogens with two attached hydrogens (primary N) is 1. The molecule has 96 valence electrons. The van der Waals surface area contributed by atoms with Gasteiger partial charge in [0.2, 0.25) is 11.8 Å².